The molecule has 1 rings (SSSR count). The van der Waals surface area contributed by atoms with Crippen LogP contribution in [0.25, 0.3) is 0 Å². The molecular weight excluding hydrogens is 250 g/mol. The smallest absolute Gasteiger partial charge is 0.246 e. The summed E-state index contributed by atoms with van der Waals surface area (Å²) in [6.45, 7) is 12.5. The number of likely N-dealkylation sites (N-methyl/N-ethyl adjacent to an activating group) is 1. The highest BCUT2D eigenvalue weighted by Gasteiger charge is 2.20. The Balaban J connectivity index is 2.27. The van der Waals surface area contributed by atoms with Crippen molar-refractivity contribution in [2.45, 2.75) is 27.2 Å². The summed E-state index contributed by atoms with van der Waals surface area (Å²) in [5.74, 6) is 0.155. The van der Waals surface area contributed by atoms with E-state index in [1.165, 1.54) is 6.42 Å². The predicted molar refractivity (Wildman–Crippen MR) is 84.8 cm³/mol. The Hall–Kier alpha value is -0.870. The molecule has 1 aliphatic rings. The zero-order chi connectivity index (χ0) is 15.2. The molecule has 0 atom stereocenters. The van der Waals surface area contributed by atoms with E-state index >= 15 is 0 Å². The van der Waals surface area contributed by atoms with E-state index in [1.807, 2.05) is 30.0 Å². The van der Waals surface area contributed by atoms with E-state index in [9.17, 15) is 4.79 Å². The fourth-order valence-corrected chi connectivity index (χ4v) is 2.16. The number of carbonyl (C=O) groups excluding carboxylic acids is 1. The van der Waals surface area contributed by atoms with E-state index in [0.717, 1.165) is 39.3 Å². The van der Waals surface area contributed by atoms with E-state index in [0.29, 0.717) is 5.41 Å². The number of hydrogen-bond donors (Lipinski definition) is 0. The molecule has 0 aromatic rings. The maximum absolute atomic E-state index is 12.0. The van der Waals surface area contributed by atoms with Crippen LogP contribution in [-0.4, -0.2) is 74.0 Å². The summed E-state index contributed by atoms with van der Waals surface area (Å²) in [4.78, 5) is 18.5. The summed E-state index contributed by atoms with van der Waals surface area (Å²) < 4.78 is 0. The fraction of sp³-hybridized carbons (Fsp3) is 0.812. The molecule has 4 heteroatoms. The molecule has 0 N–H and O–H groups in total. The number of rotatable bonds is 5. The maximum Gasteiger partial charge on any atom is 0.246 e. The van der Waals surface area contributed by atoms with Crippen molar-refractivity contribution in [1.82, 2.24) is 14.7 Å². The van der Waals surface area contributed by atoms with Gasteiger partial charge in [0.05, 0.1) is 0 Å². The third-order valence-corrected chi connectivity index (χ3v) is 3.59. The Morgan fingerprint density at radius 2 is 1.75 bits per heavy atom. The number of amides is 1. The van der Waals surface area contributed by atoms with Crippen LogP contribution in [0.2, 0.25) is 0 Å². The molecule has 0 radical (unpaired) electrons. The van der Waals surface area contributed by atoms with Crippen LogP contribution in [0.1, 0.15) is 27.2 Å². The van der Waals surface area contributed by atoms with Gasteiger partial charge in [-0.1, -0.05) is 26.8 Å². The SMILES string of the molecule is CN(C)C/C=C/C(=O)N1CCN(CCC(C)(C)C)CC1. The van der Waals surface area contributed by atoms with Gasteiger partial charge >= 0.3 is 0 Å². The highest BCUT2D eigenvalue weighted by molar-refractivity contribution is 5.87. The van der Waals surface area contributed by atoms with E-state index in [2.05, 4.69) is 25.7 Å². The fourth-order valence-electron chi connectivity index (χ4n) is 2.16. The Bertz CT molecular complexity index is 323. The van der Waals surface area contributed by atoms with Crippen molar-refractivity contribution in [3.05, 3.63) is 12.2 Å². The molecule has 20 heavy (non-hydrogen) atoms. The van der Waals surface area contributed by atoms with Crippen molar-refractivity contribution in [2.24, 2.45) is 5.41 Å². The van der Waals surface area contributed by atoms with Gasteiger partial charge < -0.3 is 9.80 Å². The molecule has 116 valence electrons. The van der Waals surface area contributed by atoms with Gasteiger partial charge in [-0.3, -0.25) is 9.69 Å². The Morgan fingerprint density at radius 3 is 2.25 bits per heavy atom. The van der Waals surface area contributed by atoms with Crippen LogP contribution in [0.3, 0.4) is 0 Å². The Kier molecular flexibility index (Phi) is 6.69. The lowest BCUT2D eigenvalue weighted by atomic mass is 9.92. The minimum absolute atomic E-state index is 0.155. The van der Waals surface area contributed by atoms with Gasteiger partial charge in [-0.15, -0.1) is 0 Å². The third-order valence-electron chi connectivity index (χ3n) is 3.59. The first-order chi connectivity index (χ1) is 9.28. The zero-order valence-corrected chi connectivity index (χ0v) is 13.9. The van der Waals surface area contributed by atoms with Crippen molar-refractivity contribution >= 4 is 5.91 Å². The van der Waals surface area contributed by atoms with Gasteiger partial charge in [-0.2, -0.15) is 0 Å². The molecule has 0 saturated carbocycles. The highest BCUT2D eigenvalue weighted by atomic mass is 16.2. The zero-order valence-electron chi connectivity index (χ0n) is 13.9. The second-order valence-corrected chi connectivity index (χ2v) is 7.14. The quantitative estimate of drug-likeness (QED) is 0.718. The van der Waals surface area contributed by atoms with Gasteiger partial charge in [-0.05, 0) is 32.5 Å². The summed E-state index contributed by atoms with van der Waals surface area (Å²) in [5.41, 5.74) is 0.391. The lowest BCUT2D eigenvalue weighted by Crippen LogP contribution is -2.48. The summed E-state index contributed by atoms with van der Waals surface area (Å²) in [7, 11) is 4.01. The van der Waals surface area contributed by atoms with E-state index in [1.54, 1.807) is 6.08 Å². The van der Waals surface area contributed by atoms with E-state index in [-0.39, 0.29) is 5.91 Å². The van der Waals surface area contributed by atoms with Crippen LogP contribution in [0.4, 0.5) is 0 Å². The van der Waals surface area contributed by atoms with E-state index in [4.69, 9.17) is 0 Å². The molecule has 1 amide bonds. The van der Waals surface area contributed by atoms with Crippen LogP contribution in [0.15, 0.2) is 12.2 Å². The molecule has 0 unspecified atom stereocenters. The van der Waals surface area contributed by atoms with Gasteiger partial charge in [0.15, 0.2) is 0 Å². The topological polar surface area (TPSA) is 26.8 Å². The third kappa shape index (κ3) is 7.06. The first-order valence-electron chi connectivity index (χ1n) is 7.60. The maximum atomic E-state index is 12.0. The molecule has 1 aliphatic heterocycles. The number of hydrogen-bond acceptors (Lipinski definition) is 3. The van der Waals surface area contributed by atoms with Gasteiger partial charge in [0, 0.05) is 38.8 Å². The molecular formula is C16H31N3O. The molecule has 0 aromatic heterocycles. The average Bonchev–Trinajstić information content (AvgIpc) is 2.35. The van der Waals surface area contributed by atoms with Gasteiger partial charge in [0.25, 0.3) is 0 Å². The minimum atomic E-state index is 0.155. The molecule has 1 fully saturated rings. The second kappa shape index (κ2) is 7.79. The van der Waals surface area contributed by atoms with Crippen LogP contribution in [0, 0.1) is 5.41 Å². The van der Waals surface area contributed by atoms with Crippen molar-refractivity contribution in [3.63, 3.8) is 0 Å². The van der Waals surface area contributed by atoms with Crippen molar-refractivity contribution in [3.8, 4) is 0 Å². The molecule has 0 aromatic carbocycles. The molecule has 4 nitrogen and oxygen atoms in total. The van der Waals surface area contributed by atoms with Gasteiger partial charge in [0.2, 0.25) is 5.91 Å². The standard InChI is InChI=1S/C16H31N3O/c1-16(2,3)8-10-18-11-13-19(14-12-18)15(20)7-6-9-17(4)5/h6-7H,8-14H2,1-5H3/b7-6+. The molecule has 0 spiro atoms. The largest absolute Gasteiger partial charge is 0.337 e. The van der Waals surface area contributed by atoms with Crippen LogP contribution in [-0.2, 0) is 4.79 Å². The highest BCUT2D eigenvalue weighted by Crippen LogP contribution is 2.19. The number of carbonyl (C=O) groups is 1. The van der Waals surface area contributed by atoms with Crippen molar-refractivity contribution < 1.29 is 4.79 Å². The lowest BCUT2D eigenvalue weighted by molar-refractivity contribution is -0.127. The van der Waals surface area contributed by atoms with Crippen LogP contribution in [0.5, 0.6) is 0 Å². The van der Waals surface area contributed by atoms with Crippen LogP contribution < -0.4 is 0 Å². The summed E-state index contributed by atoms with van der Waals surface area (Å²) in [5, 5.41) is 0. The van der Waals surface area contributed by atoms with Crippen molar-refractivity contribution in [1.29, 1.82) is 0 Å². The monoisotopic (exact) mass is 281 g/mol. The Morgan fingerprint density at radius 1 is 1.15 bits per heavy atom. The van der Waals surface area contributed by atoms with Gasteiger partial charge in [0.1, 0.15) is 0 Å². The normalized spacial score (nSPS) is 18.2. The molecule has 0 bridgehead atoms. The number of nitrogens with zero attached hydrogens (tertiary/aromatic N) is 3. The molecule has 0 aliphatic carbocycles. The Labute approximate surface area is 124 Å². The van der Waals surface area contributed by atoms with Crippen molar-refractivity contribution in [2.75, 3.05) is 53.4 Å². The minimum Gasteiger partial charge on any atom is -0.337 e. The summed E-state index contributed by atoms with van der Waals surface area (Å²) in [6.07, 6.45) is 4.86. The summed E-state index contributed by atoms with van der Waals surface area (Å²) in [6, 6.07) is 0. The first-order valence-corrected chi connectivity index (χ1v) is 7.60. The summed E-state index contributed by atoms with van der Waals surface area (Å²) >= 11 is 0. The van der Waals surface area contributed by atoms with E-state index < -0.39 is 0 Å². The average molecular weight is 281 g/mol. The molecule has 1 saturated heterocycles. The lowest BCUT2D eigenvalue weighted by Gasteiger charge is -2.35. The van der Waals surface area contributed by atoms with Gasteiger partial charge in [-0.25, -0.2) is 0 Å². The second-order valence-electron chi connectivity index (χ2n) is 7.14. The predicted octanol–water partition coefficient (Wildman–Crippen LogP) is 1.68. The number of piperazine rings is 1. The van der Waals surface area contributed by atoms with Crippen LogP contribution >= 0.6 is 0 Å². The molecule has 1 heterocycles. The first kappa shape index (κ1) is 17.2.